The van der Waals surface area contributed by atoms with Crippen molar-refractivity contribution in [2.45, 2.75) is 68.8 Å². The van der Waals surface area contributed by atoms with E-state index in [1.54, 1.807) is 29.2 Å². The third-order valence-corrected chi connectivity index (χ3v) is 8.97. The highest BCUT2D eigenvalue weighted by Gasteiger charge is 2.45. The summed E-state index contributed by atoms with van der Waals surface area (Å²) < 4.78 is 0. The van der Waals surface area contributed by atoms with E-state index in [9.17, 15) is 19.6 Å². The summed E-state index contributed by atoms with van der Waals surface area (Å²) in [4.78, 5) is 48.5. The molecule has 2 aliphatic rings. The van der Waals surface area contributed by atoms with Crippen molar-refractivity contribution in [1.82, 2.24) is 9.88 Å². The number of pyridine rings is 1. The van der Waals surface area contributed by atoms with Crippen LogP contribution in [-0.2, 0) is 33.8 Å². The Bertz CT molecular complexity index is 1450. The predicted molar refractivity (Wildman–Crippen MR) is 154 cm³/mol. The van der Waals surface area contributed by atoms with Gasteiger partial charge in [-0.1, -0.05) is 74.1 Å². The van der Waals surface area contributed by atoms with Gasteiger partial charge in [0.05, 0.1) is 22.9 Å². The van der Waals surface area contributed by atoms with Crippen molar-refractivity contribution < 1.29 is 14.4 Å². The molecule has 3 amide bonds. The zero-order chi connectivity index (χ0) is 28.2. The Morgan fingerprint density at radius 3 is 2.50 bits per heavy atom. The summed E-state index contributed by atoms with van der Waals surface area (Å²) in [5, 5.41) is 9.88. The highest BCUT2D eigenvalue weighted by atomic mass is 32.2. The van der Waals surface area contributed by atoms with Gasteiger partial charge in [0.15, 0.2) is 0 Å². The topological polar surface area (TPSA) is 94.4 Å². The number of carbonyl (C=O) groups excluding carboxylic acids is 3. The third kappa shape index (κ3) is 5.66. The molecule has 40 heavy (non-hydrogen) atoms. The molecule has 0 N–H and O–H groups in total. The van der Waals surface area contributed by atoms with Crippen LogP contribution in [0.1, 0.15) is 55.5 Å². The van der Waals surface area contributed by atoms with Gasteiger partial charge in [-0.2, -0.15) is 5.26 Å². The second kappa shape index (κ2) is 12.1. The Morgan fingerprint density at radius 2 is 1.82 bits per heavy atom. The summed E-state index contributed by atoms with van der Waals surface area (Å²) in [6, 6.07) is 21.6. The summed E-state index contributed by atoms with van der Waals surface area (Å²) in [6.45, 7) is 4.32. The van der Waals surface area contributed by atoms with Crippen LogP contribution in [0, 0.1) is 17.2 Å². The van der Waals surface area contributed by atoms with Crippen molar-refractivity contribution in [2.75, 3.05) is 4.90 Å². The van der Waals surface area contributed by atoms with Gasteiger partial charge in [-0.3, -0.25) is 14.4 Å². The van der Waals surface area contributed by atoms with E-state index in [-0.39, 0.29) is 24.8 Å². The van der Waals surface area contributed by atoms with Crippen molar-refractivity contribution in [3.8, 4) is 6.07 Å². The van der Waals surface area contributed by atoms with Gasteiger partial charge in [0.1, 0.15) is 17.1 Å². The van der Waals surface area contributed by atoms with E-state index in [1.165, 1.54) is 16.7 Å². The van der Waals surface area contributed by atoms with E-state index < -0.39 is 17.2 Å². The van der Waals surface area contributed by atoms with E-state index in [2.05, 4.69) is 13.0 Å². The number of thioether (sulfide) groups is 1. The lowest BCUT2D eigenvalue weighted by Gasteiger charge is -2.31. The molecule has 1 saturated heterocycles. The van der Waals surface area contributed by atoms with Gasteiger partial charge in [0, 0.05) is 12.2 Å². The monoisotopic (exact) mass is 552 g/mol. The molecule has 1 fully saturated rings. The molecule has 1 aliphatic heterocycles. The van der Waals surface area contributed by atoms with E-state index in [0.29, 0.717) is 28.6 Å². The lowest BCUT2D eigenvalue weighted by molar-refractivity contribution is -0.138. The molecule has 204 valence electrons. The molecular formula is C32H32N4O3S. The number of amides is 3. The maximum Gasteiger partial charge on any atom is 0.257 e. The quantitative estimate of drug-likeness (QED) is 0.278. The molecular weight excluding hydrogens is 520 g/mol. The number of carbonyl (C=O) groups is 3. The minimum Gasteiger partial charge on any atom is -0.325 e. The highest BCUT2D eigenvalue weighted by Crippen LogP contribution is 2.34. The largest absolute Gasteiger partial charge is 0.325 e. The average molecular weight is 553 g/mol. The second-order valence-electron chi connectivity index (χ2n) is 10.5. The third-order valence-electron chi connectivity index (χ3n) is 7.61. The lowest BCUT2D eigenvalue weighted by atomic mass is 9.87. The molecule has 7 nitrogen and oxygen atoms in total. The summed E-state index contributed by atoms with van der Waals surface area (Å²) in [5.41, 5.74) is 3.95. The first-order valence-electron chi connectivity index (χ1n) is 13.7. The number of anilines is 1. The van der Waals surface area contributed by atoms with Crippen LogP contribution < -0.4 is 4.90 Å². The molecule has 2 aromatic carbocycles. The normalized spacial score (nSPS) is 19.2. The molecule has 3 atom stereocenters. The number of para-hydroxylation sites is 1. The van der Waals surface area contributed by atoms with Crippen LogP contribution in [0.5, 0.6) is 0 Å². The smallest absolute Gasteiger partial charge is 0.257 e. The van der Waals surface area contributed by atoms with E-state index in [0.717, 1.165) is 36.1 Å². The molecule has 8 heteroatoms. The highest BCUT2D eigenvalue weighted by molar-refractivity contribution is 8.00. The Morgan fingerprint density at radius 1 is 1.12 bits per heavy atom. The molecule has 2 heterocycles. The summed E-state index contributed by atoms with van der Waals surface area (Å²) in [5.74, 6) is -0.420. The van der Waals surface area contributed by atoms with Gasteiger partial charge >= 0.3 is 0 Å². The van der Waals surface area contributed by atoms with Crippen molar-refractivity contribution >= 4 is 35.2 Å². The molecule has 0 radical (unpaired) electrons. The minimum atomic E-state index is -0.913. The standard InChI is InChI=1S/C32H32N4O3S/c1-3-28(40-30-24(19-33)17-23-16-21(2)14-15-26(23)34-30)32(39)35(20-22-10-6-4-7-11-22)27-18-29(37)36(31(27)38)25-12-8-5-9-13-25/h4-13,17,21,27-28H,3,14-16,18,20H2,1-2H3. The van der Waals surface area contributed by atoms with Crippen LogP contribution >= 0.6 is 11.8 Å². The number of nitriles is 1. The molecule has 0 saturated carbocycles. The molecule has 3 unspecified atom stereocenters. The van der Waals surface area contributed by atoms with Crippen molar-refractivity contribution in [1.29, 1.82) is 5.26 Å². The number of nitrogens with zero attached hydrogens (tertiary/aromatic N) is 4. The average Bonchev–Trinajstić information content (AvgIpc) is 3.27. The summed E-state index contributed by atoms with van der Waals surface area (Å²) >= 11 is 1.28. The van der Waals surface area contributed by atoms with Crippen molar-refractivity contribution in [2.24, 2.45) is 5.92 Å². The first-order valence-corrected chi connectivity index (χ1v) is 14.6. The summed E-state index contributed by atoms with van der Waals surface area (Å²) in [7, 11) is 0. The Hall–Kier alpha value is -3.96. The van der Waals surface area contributed by atoms with Crippen LogP contribution in [0.25, 0.3) is 0 Å². The van der Waals surface area contributed by atoms with Crippen LogP contribution in [0.4, 0.5) is 5.69 Å². The number of hydrogen-bond acceptors (Lipinski definition) is 6. The number of hydrogen-bond donors (Lipinski definition) is 0. The molecule has 3 aromatic rings. The molecule has 0 bridgehead atoms. The fourth-order valence-corrected chi connectivity index (χ4v) is 6.52. The Balaban J connectivity index is 1.45. The number of fused-ring (bicyclic) bond motifs is 1. The summed E-state index contributed by atoms with van der Waals surface area (Å²) in [6.07, 6.45) is 3.21. The lowest BCUT2D eigenvalue weighted by Crippen LogP contribution is -2.48. The second-order valence-corrected chi connectivity index (χ2v) is 11.7. The molecule has 1 aliphatic carbocycles. The Kier molecular flexibility index (Phi) is 8.32. The number of imide groups is 1. The van der Waals surface area contributed by atoms with Gasteiger partial charge in [-0.15, -0.1) is 0 Å². The number of aromatic nitrogens is 1. The van der Waals surface area contributed by atoms with Crippen LogP contribution in [0.15, 0.2) is 71.8 Å². The van der Waals surface area contributed by atoms with Crippen LogP contribution in [-0.4, -0.2) is 38.9 Å². The SMILES string of the molecule is CCC(Sc1nc2c(cc1C#N)CC(C)CC2)C(=O)N(Cc1ccccc1)C1CC(=O)N(c2ccccc2)C1=O. The van der Waals surface area contributed by atoms with Crippen LogP contribution in [0.3, 0.4) is 0 Å². The van der Waals surface area contributed by atoms with Gasteiger partial charge in [-0.25, -0.2) is 9.88 Å². The number of rotatable bonds is 8. The van der Waals surface area contributed by atoms with Gasteiger partial charge in [-0.05, 0) is 60.9 Å². The molecule has 1 aromatic heterocycles. The van der Waals surface area contributed by atoms with E-state index in [4.69, 9.17) is 4.98 Å². The maximum atomic E-state index is 14.2. The molecule has 5 rings (SSSR count). The predicted octanol–water partition coefficient (Wildman–Crippen LogP) is 5.31. The maximum absolute atomic E-state index is 14.2. The zero-order valence-electron chi connectivity index (χ0n) is 22.7. The van der Waals surface area contributed by atoms with E-state index >= 15 is 0 Å². The minimum absolute atomic E-state index is 0.0773. The molecule has 0 spiro atoms. The zero-order valence-corrected chi connectivity index (χ0v) is 23.6. The van der Waals surface area contributed by atoms with Crippen molar-refractivity contribution in [3.05, 3.63) is 89.1 Å². The van der Waals surface area contributed by atoms with Gasteiger partial charge < -0.3 is 4.90 Å². The number of aryl methyl sites for hydroxylation is 1. The van der Waals surface area contributed by atoms with E-state index in [1.807, 2.05) is 49.4 Å². The van der Waals surface area contributed by atoms with Crippen molar-refractivity contribution in [3.63, 3.8) is 0 Å². The Labute approximate surface area is 239 Å². The van der Waals surface area contributed by atoms with Gasteiger partial charge in [0.25, 0.3) is 5.91 Å². The first kappa shape index (κ1) is 27.6. The number of benzene rings is 2. The fourth-order valence-electron chi connectivity index (χ4n) is 5.46. The fraction of sp³-hybridized carbons (Fsp3) is 0.344. The van der Waals surface area contributed by atoms with Crippen LogP contribution in [0.2, 0.25) is 0 Å². The first-order chi connectivity index (χ1) is 19.4. The van der Waals surface area contributed by atoms with Gasteiger partial charge in [0.2, 0.25) is 11.8 Å².